The first-order chi connectivity index (χ1) is 6.21. The molecule has 0 aromatic heterocycles. The van der Waals surface area contributed by atoms with E-state index >= 15 is 0 Å². The Morgan fingerprint density at radius 2 is 2.07 bits per heavy atom. The summed E-state index contributed by atoms with van der Waals surface area (Å²) >= 11 is 0. The van der Waals surface area contributed by atoms with E-state index in [2.05, 4.69) is 0 Å². The fraction of sp³-hybridized carbons (Fsp3) is 0.800. The number of ether oxygens (including phenoxy) is 1. The Labute approximate surface area is 83.2 Å². The number of carboxylic acids is 1. The molecule has 1 heterocycles. The quantitative estimate of drug-likeness (QED) is 0.650. The molecule has 1 N–H and O–H groups in total. The number of carbonyl (C=O) groups is 2. The molecule has 0 saturated carbocycles. The summed E-state index contributed by atoms with van der Waals surface area (Å²) in [5.41, 5.74) is -1.94. The van der Waals surface area contributed by atoms with E-state index in [4.69, 9.17) is 9.84 Å². The highest BCUT2D eigenvalue weighted by atomic mass is 16.6. The minimum absolute atomic E-state index is 0.255. The highest BCUT2D eigenvalue weighted by molar-refractivity contribution is 5.87. The molecule has 0 aromatic rings. The lowest BCUT2D eigenvalue weighted by molar-refractivity contribution is -0.182. The van der Waals surface area contributed by atoms with E-state index in [-0.39, 0.29) is 12.3 Å². The average Bonchev–Trinajstić information content (AvgIpc) is 2.28. The third-order valence-electron chi connectivity index (χ3n) is 2.83. The highest BCUT2D eigenvalue weighted by Crippen LogP contribution is 2.44. The SMILES string of the molecule is CC1CC(C(=O)O)(C(C)(C)C)OC1=O. The zero-order chi connectivity index (χ0) is 11.1. The van der Waals surface area contributed by atoms with Gasteiger partial charge in [0.25, 0.3) is 0 Å². The zero-order valence-electron chi connectivity index (χ0n) is 8.96. The van der Waals surface area contributed by atoms with Crippen molar-refractivity contribution in [2.24, 2.45) is 11.3 Å². The van der Waals surface area contributed by atoms with E-state index < -0.39 is 23.0 Å². The van der Waals surface area contributed by atoms with Crippen molar-refractivity contribution in [3.8, 4) is 0 Å². The van der Waals surface area contributed by atoms with Crippen LogP contribution in [0.1, 0.15) is 34.1 Å². The Bertz CT molecular complexity index is 276. The van der Waals surface area contributed by atoms with Gasteiger partial charge in [-0.25, -0.2) is 4.79 Å². The van der Waals surface area contributed by atoms with Crippen LogP contribution >= 0.6 is 0 Å². The monoisotopic (exact) mass is 200 g/mol. The summed E-state index contributed by atoms with van der Waals surface area (Å²) in [4.78, 5) is 22.4. The molecule has 14 heavy (non-hydrogen) atoms. The van der Waals surface area contributed by atoms with Crippen LogP contribution in [0.4, 0.5) is 0 Å². The summed E-state index contributed by atoms with van der Waals surface area (Å²) < 4.78 is 5.05. The normalized spacial score (nSPS) is 32.9. The van der Waals surface area contributed by atoms with Gasteiger partial charge in [0.1, 0.15) is 0 Å². The fourth-order valence-electron chi connectivity index (χ4n) is 1.74. The Morgan fingerprint density at radius 3 is 2.21 bits per heavy atom. The lowest BCUT2D eigenvalue weighted by Crippen LogP contribution is -2.49. The van der Waals surface area contributed by atoms with Gasteiger partial charge in [0, 0.05) is 11.8 Å². The maximum Gasteiger partial charge on any atom is 0.348 e. The second-order valence-corrected chi connectivity index (χ2v) is 4.91. The third kappa shape index (κ3) is 1.38. The Hall–Kier alpha value is -1.06. The molecular formula is C10H16O4. The minimum atomic E-state index is -1.36. The van der Waals surface area contributed by atoms with Crippen molar-refractivity contribution in [1.29, 1.82) is 0 Å². The molecule has 0 aromatic carbocycles. The van der Waals surface area contributed by atoms with Crippen LogP contribution in [0, 0.1) is 11.3 Å². The molecular weight excluding hydrogens is 184 g/mol. The predicted molar refractivity (Wildman–Crippen MR) is 49.7 cm³/mol. The van der Waals surface area contributed by atoms with E-state index in [1.165, 1.54) is 0 Å². The summed E-state index contributed by atoms with van der Waals surface area (Å²) in [5.74, 6) is -1.80. The van der Waals surface area contributed by atoms with Gasteiger partial charge in [-0.05, 0) is 0 Å². The lowest BCUT2D eigenvalue weighted by Gasteiger charge is -2.35. The minimum Gasteiger partial charge on any atom is -0.478 e. The fourth-order valence-corrected chi connectivity index (χ4v) is 1.74. The second-order valence-electron chi connectivity index (χ2n) is 4.91. The molecule has 1 aliphatic rings. The van der Waals surface area contributed by atoms with Crippen LogP contribution in [0.5, 0.6) is 0 Å². The van der Waals surface area contributed by atoms with E-state index in [0.717, 1.165) is 0 Å². The Balaban J connectivity index is 3.10. The van der Waals surface area contributed by atoms with Crippen LogP contribution in [0.25, 0.3) is 0 Å². The highest BCUT2D eigenvalue weighted by Gasteiger charge is 2.58. The molecule has 0 amide bonds. The van der Waals surface area contributed by atoms with Crippen LogP contribution < -0.4 is 0 Å². The molecule has 1 saturated heterocycles. The number of esters is 1. The molecule has 0 spiro atoms. The van der Waals surface area contributed by atoms with Crippen molar-refractivity contribution >= 4 is 11.9 Å². The van der Waals surface area contributed by atoms with Gasteiger partial charge in [0.05, 0.1) is 5.92 Å². The molecule has 4 heteroatoms. The number of carboxylic acid groups (broad SMARTS) is 1. The van der Waals surface area contributed by atoms with Crippen molar-refractivity contribution in [3.63, 3.8) is 0 Å². The maximum absolute atomic E-state index is 11.3. The number of aliphatic carboxylic acids is 1. The van der Waals surface area contributed by atoms with Gasteiger partial charge in [-0.3, -0.25) is 4.79 Å². The van der Waals surface area contributed by atoms with Crippen molar-refractivity contribution in [2.45, 2.75) is 39.7 Å². The predicted octanol–water partition coefficient (Wildman–Crippen LogP) is 1.44. The molecule has 0 radical (unpaired) electrons. The van der Waals surface area contributed by atoms with Crippen LogP contribution in [0.3, 0.4) is 0 Å². The standard InChI is InChI=1S/C10H16O4/c1-6-5-10(8(12)13,9(2,3)4)14-7(6)11/h6H,5H2,1-4H3,(H,12,13). The van der Waals surface area contributed by atoms with Gasteiger partial charge < -0.3 is 9.84 Å². The van der Waals surface area contributed by atoms with Crippen LogP contribution in [0.15, 0.2) is 0 Å². The van der Waals surface area contributed by atoms with E-state index in [9.17, 15) is 9.59 Å². The van der Waals surface area contributed by atoms with E-state index in [1.54, 1.807) is 27.7 Å². The van der Waals surface area contributed by atoms with Gasteiger partial charge in [-0.15, -0.1) is 0 Å². The van der Waals surface area contributed by atoms with Crippen LogP contribution in [-0.4, -0.2) is 22.6 Å². The third-order valence-corrected chi connectivity index (χ3v) is 2.83. The van der Waals surface area contributed by atoms with E-state index in [1.807, 2.05) is 0 Å². The lowest BCUT2D eigenvalue weighted by atomic mass is 9.73. The van der Waals surface area contributed by atoms with Crippen molar-refractivity contribution in [1.82, 2.24) is 0 Å². The summed E-state index contributed by atoms with van der Waals surface area (Å²) in [6.07, 6.45) is 0.255. The van der Waals surface area contributed by atoms with E-state index in [0.29, 0.717) is 0 Å². The zero-order valence-corrected chi connectivity index (χ0v) is 8.96. The van der Waals surface area contributed by atoms with Crippen LogP contribution in [-0.2, 0) is 14.3 Å². The molecule has 2 atom stereocenters. The first-order valence-electron chi connectivity index (χ1n) is 4.67. The number of carbonyl (C=O) groups excluding carboxylic acids is 1. The number of hydrogen-bond acceptors (Lipinski definition) is 3. The van der Waals surface area contributed by atoms with Crippen molar-refractivity contribution in [2.75, 3.05) is 0 Å². The Kier molecular flexibility index (Phi) is 2.34. The first kappa shape index (κ1) is 11.0. The van der Waals surface area contributed by atoms with Crippen molar-refractivity contribution < 1.29 is 19.4 Å². The van der Waals surface area contributed by atoms with Gasteiger partial charge >= 0.3 is 11.9 Å². The molecule has 80 valence electrons. The molecule has 0 aliphatic carbocycles. The van der Waals surface area contributed by atoms with Crippen molar-refractivity contribution in [3.05, 3.63) is 0 Å². The molecule has 0 bridgehead atoms. The number of hydrogen-bond donors (Lipinski definition) is 1. The maximum atomic E-state index is 11.3. The number of rotatable bonds is 1. The summed E-state index contributed by atoms with van der Waals surface area (Å²) in [7, 11) is 0. The van der Waals surface area contributed by atoms with Gasteiger partial charge in [0.2, 0.25) is 5.60 Å². The average molecular weight is 200 g/mol. The molecule has 2 unspecified atom stereocenters. The molecule has 1 fully saturated rings. The summed E-state index contributed by atoms with van der Waals surface area (Å²) in [6, 6.07) is 0. The number of cyclic esters (lactones) is 1. The van der Waals surface area contributed by atoms with Gasteiger partial charge in [-0.2, -0.15) is 0 Å². The largest absolute Gasteiger partial charge is 0.478 e. The summed E-state index contributed by atoms with van der Waals surface area (Å²) in [6.45, 7) is 7.00. The molecule has 4 nitrogen and oxygen atoms in total. The van der Waals surface area contributed by atoms with Gasteiger partial charge in [-0.1, -0.05) is 27.7 Å². The second kappa shape index (κ2) is 2.97. The molecule has 1 rings (SSSR count). The smallest absolute Gasteiger partial charge is 0.348 e. The van der Waals surface area contributed by atoms with Gasteiger partial charge in [0.15, 0.2) is 0 Å². The van der Waals surface area contributed by atoms with Crippen LogP contribution in [0.2, 0.25) is 0 Å². The molecule has 1 aliphatic heterocycles. The Morgan fingerprint density at radius 1 is 1.57 bits per heavy atom. The first-order valence-corrected chi connectivity index (χ1v) is 4.67. The topological polar surface area (TPSA) is 63.6 Å². The summed E-state index contributed by atoms with van der Waals surface area (Å²) in [5, 5.41) is 9.16.